The minimum atomic E-state index is -4.68. The number of aromatic hydroxyl groups is 1. The van der Waals surface area contributed by atoms with Crippen LogP contribution in [0.1, 0.15) is 11.1 Å². The van der Waals surface area contributed by atoms with Gasteiger partial charge in [0.1, 0.15) is 5.75 Å². The molecule has 2 rings (SSSR count). The Morgan fingerprint density at radius 3 is 2.04 bits per heavy atom. The van der Waals surface area contributed by atoms with Gasteiger partial charge < -0.3 is 9.29 Å². The van der Waals surface area contributed by atoms with E-state index in [-0.39, 0.29) is 11.5 Å². The lowest BCUT2D eigenvalue weighted by Crippen LogP contribution is -2.07. The van der Waals surface area contributed by atoms with Crippen LogP contribution in [0.2, 0.25) is 0 Å². The molecule has 2 aromatic rings. The molecule has 2 N–H and O–H groups in total. The highest BCUT2D eigenvalue weighted by Gasteiger charge is 2.16. The van der Waals surface area contributed by atoms with Crippen molar-refractivity contribution in [3.05, 3.63) is 72.8 Å². The molecule has 0 bridgehead atoms. The third kappa shape index (κ3) is 4.47. The lowest BCUT2D eigenvalue weighted by atomic mass is 9.97. The van der Waals surface area contributed by atoms with Crippen molar-refractivity contribution < 1.29 is 22.3 Å². The van der Waals surface area contributed by atoms with E-state index in [0.29, 0.717) is 24.0 Å². The number of allylic oxidation sites excluding steroid dienone is 2. The molecule has 0 aliphatic rings. The number of phenolic OH excluding ortho intramolecular Hbond substituents is 1. The summed E-state index contributed by atoms with van der Waals surface area (Å²) in [6, 6.07) is 9.77. The first-order chi connectivity index (χ1) is 11.3. The molecule has 0 heterocycles. The quantitative estimate of drug-likeness (QED) is 0.590. The van der Waals surface area contributed by atoms with Crippen LogP contribution >= 0.6 is 0 Å². The summed E-state index contributed by atoms with van der Waals surface area (Å²) < 4.78 is 35.8. The Kier molecular flexibility index (Phi) is 5.43. The first-order valence-corrected chi connectivity index (χ1v) is 8.54. The number of hydrogen-bond acceptors (Lipinski definition) is 4. The first kappa shape index (κ1) is 17.8. The van der Waals surface area contributed by atoms with Gasteiger partial charge in [0.25, 0.3) is 0 Å². The Labute approximate surface area is 141 Å². The van der Waals surface area contributed by atoms with Gasteiger partial charge in [0.2, 0.25) is 0 Å². The summed E-state index contributed by atoms with van der Waals surface area (Å²) in [6.07, 6.45) is 4.58. The maximum atomic E-state index is 11.1. The number of benzene rings is 2. The Bertz CT molecular complexity index is 869. The van der Waals surface area contributed by atoms with E-state index in [1.54, 1.807) is 36.4 Å². The molecule has 0 aliphatic carbocycles. The van der Waals surface area contributed by atoms with Crippen molar-refractivity contribution in [2.24, 2.45) is 0 Å². The van der Waals surface area contributed by atoms with Crippen molar-refractivity contribution in [3.63, 3.8) is 0 Å². The van der Waals surface area contributed by atoms with E-state index in [4.69, 9.17) is 4.55 Å². The maximum Gasteiger partial charge on any atom is 0.446 e. The van der Waals surface area contributed by atoms with E-state index in [1.807, 2.05) is 0 Å². The third-order valence-corrected chi connectivity index (χ3v) is 3.74. The maximum absolute atomic E-state index is 11.1. The molecule has 0 fully saturated rings. The van der Waals surface area contributed by atoms with Crippen LogP contribution in [-0.2, 0) is 23.2 Å². The van der Waals surface area contributed by atoms with E-state index in [1.165, 1.54) is 12.1 Å². The van der Waals surface area contributed by atoms with Gasteiger partial charge in [-0.05, 0) is 48.2 Å². The summed E-state index contributed by atoms with van der Waals surface area (Å²) in [5, 5.41) is 10.2. The van der Waals surface area contributed by atoms with Crippen LogP contribution < -0.4 is 4.18 Å². The molecule has 6 heteroatoms. The minimum absolute atomic E-state index is 0.0289. The van der Waals surface area contributed by atoms with Gasteiger partial charge in [0.15, 0.2) is 5.75 Å². The van der Waals surface area contributed by atoms with Crippen LogP contribution in [0.4, 0.5) is 0 Å². The molecule has 0 aliphatic heterocycles. The molecule has 0 atom stereocenters. The zero-order valence-corrected chi connectivity index (χ0v) is 13.8. The van der Waals surface area contributed by atoms with Crippen molar-refractivity contribution in [2.75, 3.05) is 0 Å². The number of rotatable bonds is 7. The predicted octanol–water partition coefficient (Wildman–Crippen LogP) is 3.70. The molecule has 0 unspecified atom stereocenters. The van der Waals surface area contributed by atoms with Crippen molar-refractivity contribution in [2.45, 2.75) is 12.8 Å². The normalized spacial score (nSPS) is 11.0. The molecular formula is C18H18O5S. The van der Waals surface area contributed by atoms with E-state index in [2.05, 4.69) is 17.3 Å². The summed E-state index contributed by atoms with van der Waals surface area (Å²) in [6.45, 7) is 7.34. The lowest BCUT2D eigenvalue weighted by Gasteiger charge is -2.13. The van der Waals surface area contributed by atoms with Crippen molar-refractivity contribution in [1.82, 2.24) is 0 Å². The van der Waals surface area contributed by atoms with Crippen LogP contribution in [0.25, 0.3) is 11.1 Å². The van der Waals surface area contributed by atoms with Crippen LogP contribution in [0.3, 0.4) is 0 Å². The molecule has 24 heavy (non-hydrogen) atoms. The Balaban J connectivity index is 2.64. The van der Waals surface area contributed by atoms with E-state index in [9.17, 15) is 13.5 Å². The Morgan fingerprint density at radius 2 is 1.50 bits per heavy atom. The summed E-state index contributed by atoms with van der Waals surface area (Å²) in [7, 11) is -4.68. The zero-order valence-electron chi connectivity index (χ0n) is 13.0. The Morgan fingerprint density at radius 1 is 0.958 bits per heavy atom. The minimum Gasteiger partial charge on any atom is -0.507 e. The van der Waals surface area contributed by atoms with Crippen LogP contribution in [0.5, 0.6) is 11.5 Å². The molecule has 0 amide bonds. The predicted molar refractivity (Wildman–Crippen MR) is 93.5 cm³/mol. The van der Waals surface area contributed by atoms with Gasteiger partial charge in [-0.15, -0.1) is 13.2 Å². The molecule has 0 radical (unpaired) electrons. The van der Waals surface area contributed by atoms with Gasteiger partial charge in [-0.1, -0.05) is 24.3 Å². The first-order valence-electron chi connectivity index (χ1n) is 7.18. The van der Waals surface area contributed by atoms with E-state index < -0.39 is 10.4 Å². The molecule has 0 aromatic heterocycles. The lowest BCUT2D eigenvalue weighted by molar-refractivity contribution is 0.387. The standard InChI is InChI=1S/C18H18O5S/c1-3-5-13-7-9-17(19)15(11-13)16-12-14(6-4-2)8-10-18(16)23-24(20,21)22/h3-4,7-12,19H,1-2,5-6H2,(H,20,21,22). The van der Waals surface area contributed by atoms with Gasteiger partial charge >= 0.3 is 10.4 Å². The fraction of sp³-hybridized carbons (Fsp3) is 0.111. The molecule has 0 spiro atoms. The second-order valence-corrected chi connectivity index (χ2v) is 6.20. The zero-order chi connectivity index (χ0) is 17.7. The van der Waals surface area contributed by atoms with Crippen molar-refractivity contribution in [1.29, 1.82) is 0 Å². The summed E-state index contributed by atoms with van der Waals surface area (Å²) in [4.78, 5) is 0. The van der Waals surface area contributed by atoms with Crippen LogP contribution in [0, 0.1) is 0 Å². The smallest absolute Gasteiger partial charge is 0.446 e. The largest absolute Gasteiger partial charge is 0.507 e. The molecule has 0 saturated heterocycles. The number of phenols is 1. The second kappa shape index (κ2) is 7.33. The Hall–Kier alpha value is -2.57. The van der Waals surface area contributed by atoms with E-state index >= 15 is 0 Å². The highest BCUT2D eigenvalue weighted by molar-refractivity contribution is 7.81. The summed E-state index contributed by atoms with van der Waals surface area (Å²) in [5.41, 5.74) is 2.51. The summed E-state index contributed by atoms with van der Waals surface area (Å²) >= 11 is 0. The van der Waals surface area contributed by atoms with Crippen molar-refractivity contribution in [3.8, 4) is 22.6 Å². The highest BCUT2D eigenvalue weighted by Crippen LogP contribution is 2.38. The van der Waals surface area contributed by atoms with Gasteiger partial charge in [0, 0.05) is 11.1 Å². The SMILES string of the molecule is C=CCc1ccc(O)c(-c2cc(CC=C)ccc2OS(=O)(=O)O)c1. The molecule has 126 valence electrons. The molecule has 0 saturated carbocycles. The van der Waals surface area contributed by atoms with Gasteiger partial charge in [-0.2, -0.15) is 8.42 Å². The fourth-order valence-corrected chi connectivity index (χ4v) is 2.73. The van der Waals surface area contributed by atoms with Gasteiger partial charge in [0.05, 0.1) is 0 Å². The average molecular weight is 346 g/mol. The molecule has 2 aromatic carbocycles. The van der Waals surface area contributed by atoms with Gasteiger partial charge in [-0.25, -0.2) is 0 Å². The monoisotopic (exact) mass is 346 g/mol. The van der Waals surface area contributed by atoms with Gasteiger partial charge in [-0.3, -0.25) is 4.55 Å². The fourth-order valence-electron chi connectivity index (χ4n) is 2.36. The number of hydrogen-bond donors (Lipinski definition) is 2. The second-order valence-electron chi connectivity index (χ2n) is 5.18. The van der Waals surface area contributed by atoms with Crippen LogP contribution in [-0.4, -0.2) is 18.1 Å². The van der Waals surface area contributed by atoms with Crippen LogP contribution in [0.15, 0.2) is 61.7 Å². The summed E-state index contributed by atoms with van der Waals surface area (Å²) in [5.74, 6) is -0.102. The molecular weight excluding hydrogens is 328 g/mol. The molecule has 5 nitrogen and oxygen atoms in total. The third-order valence-electron chi connectivity index (χ3n) is 3.35. The van der Waals surface area contributed by atoms with E-state index in [0.717, 1.165) is 11.1 Å². The highest BCUT2D eigenvalue weighted by atomic mass is 32.3. The van der Waals surface area contributed by atoms with Crippen molar-refractivity contribution >= 4 is 10.4 Å². The average Bonchev–Trinajstić information content (AvgIpc) is 2.50. The topological polar surface area (TPSA) is 83.8 Å².